The second-order valence-corrected chi connectivity index (χ2v) is 7.86. The third-order valence-electron chi connectivity index (χ3n) is 4.41. The number of phenolic OH excluding ortho intramolecular Hbond substituents is 1. The van der Waals surface area contributed by atoms with Crippen molar-refractivity contribution in [2.45, 2.75) is 18.9 Å². The van der Waals surface area contributed by atoms with Gasteiger partial charge in [0.25, 0.3) is 0 Å². The predicted molar refractivity (Wildman–Crippen MR) is 88.1 cm³/mol. The number of benzene rings is 2. The first-order valence-electron chi connectivity index (χ1n) is 7.62. The molecule has 5 heteroatoms. The molecule has 114 valence electrons. The summed E-state index contributed by atoms with van der Waals surface area (Å²) < 4.78 is 18.5. The Labute approximate surface area is 130 Å². The molecule has 2 aliphatic rings. The van der Waals surface area contributed by atoms with Gasteiger partial charge in [-0.2, -0.15) is 0 Å². The van der Waals surface area contributed by atoms with Crippen LogP contribution in [0.5, 0.6) is 5.75 Å². The van der Waals surface area contributed by atoms with Crippen LogP contribution in [-0.4, -0.2) is 28.9 Å². The molecule has 0 aliphatic carbocycles. The third kappa shape index (κ3) is 2.27. The van der Waals surface area contributed by atoms with Crippen molar-refractivity contribution in [2.24, 2.45) is 0 Å². The number of phenols is 1. The molecule has 22 heavy (non-hydrogen) atoms. The fraction of sp³-hybridized carbons (Fsp3) is 0.294. The van der Waals surface area contributed by atoms with E-state index in [0.29, 0.717) is 6.04 Å². The highest BCUT2D eigenvalue weighted by Crippen LogP contribution is 2.56. The molecular weight excluding hydrogens is 298 g/mol. The molecule has 0 amide bonds. The highest BCUT2D eigenvalue weighted by atomic mass is 31.1. The number of halogens is 1. The van der Waals surface area contributed by atoms with Crippen molar-refractivity contribution in [1.82, 2.24) is 4.67 Å². The fourth-order valence-electron chi connectivity index (χ4n) is 3.41. The molecule has 1 N–H and O–H groups in total. The Balaban J connectivity index is 1.79. The van der Waals surface area contributed by atoms with Crippen molar-refractivity contribution in [3.05, 3.63) is 54.3 Å². The smallest absolute Gasteiger partial charge is 0.126 e. The normalized spacial score (nSPS) is 24.7. The predicted octanol–water partition coefficient (Wildman–Crippen LogP) is 3.45. The Morgan fingerprint density at radius 2 is 1.95 bits per heavy atom. The molecule has 2 atom stereocenters. The molecule has 2 heterocycles. The molecular formula is C17H18FN2OP. The van der Waals surface area contributed by atoms with Gasteiger partial charge >= 0.3 is 0 Å². The van der Waals surface area contributed by atoms with Gasteiger partial charge in [-0.05, 0) is 43.2 Å². The van der Waals surface area contributed by atoms with Crippen molar-refractivity contribution in [3.8, 4) is 5.75 Å². The van der Waals surface area contributed by atoms with Gasteiger partial charge in [-0.1, -0.05) is 18.2 Å². The highest BCUT2D eigenvalue weighted by molar-refractivity contribution is 7.65. The molecule has 4 rings (SSSR count). The van der Waals surface area contributed by atoms with Crippen LogP contribution in [0.4, 0.5) is 10.1 Å². The van der Waals surface area contributed by atoms with Crippen molar-refractivity contribution in [2.75, 3.05) is 17.8 Å². The van der Waals surface area contributed by atoms with Crippen molar-refractivity contribution in [1.29, 1.82) is 0 Å². The van der Waals surface area contributed by atoms with E-state index in [1.54, 1.807) is 0 Å². The lowest BCUT2D eigenvalue weighted by Crippen LogP contribution is -2.23. The summed E-state index contributed by atoms with van der Waals surface area (Å²) in [5.74, 6) is -0.0908. The Morgan fingerprint density at radius 3 is 2.77 bits per heavy atom. The largest absolute Gasteiger partial charge is 0.507 e. The summed E-state index contributed by atoms with van der Waals surface area (Å²) in [6, 6.07) is 15.0. The number of rotatable bonds is 2. The number of para-hydroxylation sites is 1. The molecule has 3 nitrogen and oxygen atoms in total. The van der Waals surface area contributed by atoms with E-state index in [4.69, 9.17) is 0 Å². The summed E-state index contributed by atoms with van der Waals surface area (Å²) in [5, 5.41) is 11.0. The lowest BCUT2D eigenvalue weighted by atomic mass is 10.2. The number of hydrogen-bond donors (Lipinski definition) is 1. The molecule has 2 aromatic rings. The van der Waals surface area contributed by atoms with Gasteiger partial charge in [0.05, 0.1) is 5.30 Å². The van der Waals surface area contributed by atoms with Gasteiger partial charge in [0.15, 0.2) is 0 Å². The maximum absolute atomic E-state index is 13.7. The second kappa shape index (κ2) is 5.53. The van der Waals surface area contributed by atoms with E-state index in [-0.39, 0.29) is 11.6 Å². The summed E-state index contributed by atoms with van der Waals surface area (Å²) in [6.07, 6.45) is 2.36. The Kier molecular flexibility index (Phi) is 3.51. The molecule has 0 spiro atoms. The lowest BCUT2D eigenvalue weighted by Gasteiger charge is -2.31. The zero-order chi connectivity index (χ0) is 15.1. The number of fused-ring (bicyclic) bond motifs is 1. The molecule has 0 radical (unpaired) electrons. The zero-order valence-electron chi connectivity index (χ0n) is 12.2. The van der Waals surface area contributed by atoms with Crippen LogP contribution in [-0.2, 0) is 0 Å². The molecule has 0 aromatic heterocycles. The van der Waals surface area contributed by atoms with Crippen molar-refractivity contribution >= 4 is 19.2 Å². The van der Waals surface area contributed by atoms with Gasteiger partial charge in [0.2, 0.25) is 0 Å². The summed E-state index contributed by atoms with van der Waals surface area (Å²) in [4.78, 5) is 0. The molecule has 0 unspecified atom stereocenters. The Bertz CT molecular complexity index is 682. The van der Waals surface area contributed by atoms with Crippen LogP contribution < -0.4 is 9.97 Å². The first-order valence-corrected chi connectivity index (χ1v) is 8.86. The fourth-order valence-corrected chi connectivity index (χ4v) is 6.27. The van der Waals surface area contributed by atoms with Gasteiger partial charge in [-0.15, -0.1) is 0 Å². The Morgan fingerprint density at radius 1 is 1.14 bits per heavy atom. The van der Waals surface area contributed by atoms with Crippen LogP contribution in [0.15, 0.2) is 48.5 Å². The average Bonchev–Trinajstić information content (AvgIpc) is 3.11. The minimum absolute atomic E-state index is 0.195. The molecule has 0 bridgehead atoms. The monoisotopic (exact) mass is 316 g/mol. The van der Waals surface area contributed by atoms with Crippen molar-refractivity contribution < 1.29 is 9.50 Å². The molecule has 2 aliphatic heterocycles. The standard InChI is InChI=1S/C17H18FN2OP/c18-13-8-9-16(21)17(11-13)22-19-10-4-7-15(19)12-20(22)14-5-2-1-3-6-14/h1-3,5-6,8-9,11,15,21H,4,7,10,12H2/t15-,22+/m0/s1. The van der Waals surface area contributed by atoms with Crippen LogP contribution in [0.1, 0.15) is 12.8 Å². The highest BCUT2D eigenvalue weighted by Gasteiger charge is 2.44. The molecule has 2 fully saturated rings. The van der Waals surface area contributed by atoms with Gasteiger partial charge in [-0.25, -0.2) is 4.39 Å². The minimum Gasteiger partial charge on any atom is -0.507 e. The second-order valence-electron chi connectivity index (χ2n) is 5.80. The SMILES string of the molecule is Oc1ccc(F)cc1[P@@]1N(c2ccccc2)C[C@@H]2CCCN21. The average molecular weight is 316 g/mol. The molecule has 2 aromatic carbocycles. The van der Waals surface area contributed by atoms with E-state index in [0.717, 1.165) is 24.1 Å². The minimum atomic E-state index is -0.881. The van der Waals surface area contributed by atoms with Crippen LogP contribution >= 0.6 is 8.22 Å². The van der Waals surface area contributed by atoms with E-state index in [2.05, 4.69) is 21.5 Å². The van der Waals surface area contributed by atoms with Gasteiger partial charge in [-0.3, -0.25) is 4.67 Å². The van der Waals surface area contributed by atoms with Gasteiger partial charge < -0.3 is 9.78 Å². The van der Waals surface area contributed by atoms with E-state index < -0.39 is 8.22 Å². The summed E-state index contributed by atoms with van der Waals surface area (Å²) in [7, 11) is -0.881. The maximum Gasteiger partial charge on any atom is 0.126 e. The molecule has 2 saturated heterocycles. The van der Waals surface area contributed by atoms with Crippen LogP contribution in [0.2, 0.25) is 0 Å². The zero-order valence-corrected chi connectivity index (χ0v) is 13.1. The number of hydrogen-bond acceptors (Lipinski definition) is 3. The lowest BCUT2D eigenvalue weighted by molar-refractivity contribution is 0.463. The topological polar surface area (TPSA) is 26.7 Å². The molecule has 0 saturated carbocycles. The summed E-state index contributed by atoms with van der Waals surface area (Å²) in [6.45, 7) is 1.97. The van der Waals surface area contributed by atoms with E-state index >= 15 is 0 Å². The number of anilines is 1. The first-order chi connectivity index (χ1) is 10.7. The van der Waals surface area contributed by atoms with Gasteiger partial charge in [0, 0.05) is 24.8 Å². The quantitative estimate of drug-likeness (QED) is 0.860. The number of nitrogens with zero attached hydrogens (tertiary/aromatic N) is 2. The Hall–Kier alpha value is -1.64. The van der Waals surface area contributed by atoms with Crippen LogP contribution in [0.3, 0.4) is 0 Å². The maximum atomic E-state index is 13.7. The van der Waals surface area contributed by atoms with Crippen LogP contribution in [0.25, 0.3) is 0 Å². The number of aromatic hydroxyl groups is 1. The third-order valence-corrected chi connectivity index (χ3v) is 7.06. The van der Waals surface area contributed by atoms with E-state index in [1.165, 1.54) is 31.0 Å². The van der Waals surface area contributed by atoms with E-state index in [1.807, 2.05) is 18.2 Å². The summed E-state index contributed by atoms with van der Waals surface area (Å²) in [5.41, 5.74) is 1.15. The summed E-state index contributed by atoms with van der Waals surface area (Å²) >= 11 is 0. The van der Waals surface area contributed by atoms with Crippen LogP contribution in [0, 0.1) is 5.82 Å². The first kappa shape index (κ1) is 14.0. The van der Waals surface area contributed by atoms with Crippen molar-refractivity contribution in [3.63, 3.8) is 0 Å². The van der Waals surface area contributed by atoms with E-state index in [9.17, 15) is 9.50 Å². The van der Waals surface area contributed by atoms with Gasteiger partial charge in [0.1, 0.15) is 19.8 Å².